The molecule has 0 radical (unpaired) electrons. The molecule has 0 bridgehead atoms. The number of piperazine rings is 1. The zero-order chi connectivity index (χ0) is 22.0. The van der Waals surface area contributed by atoms with E-state index >= 15 is 0 Å². The first kappa shape index (κ1) is 21.7. The molecule has 0 spiro atoms. The number of likely N-dealkylation sites (tertiary alicyclic amines) is 1. The maximum atomic E-state index is 13.2. The zero-order valence-corrected chi connectivity index (χ0v) is 18.4. The third-order valence-electron chi connectivity index (χ3n) is 5.77. The van der Waals surface area contributed by atoms with Crippen LogP contribution in [0.1, 0.15) is 40.2 Å². The fourth-order valence-electron chi connectivity index (χ4n) is 4.17. The lowest BCUT2D eigenvalue weighted by molar-refractivity contribution is -0.138. The van der Waals surface area contributed by atoms with Gasteiger partial charge >= 0.3 is 0 Å². The molecule has 1 aromatic heterocycles. The number of furan rings is 1. The molecular formula is C22H23Cl2N3O4. The topological polar surface area (TPSA) is 74.1 Å². The van der Waals surface area contributed by atoms with Crippen LogP contribution in [0.25, 0.3) is 0 Å². The van der Waals surface area contributed by atoms with E-state index in [1.165, 1.54) is 6.26 Å². The van der Waals surface area contributed by atoms with E-state index in [0.717, 1.165) is 12.8 Å². The fourth-order valence-corrected chi connectivity index (χ4v) is 4.70. The Hall–Kier alpha value is -2.51. The van der Waals surface area contributed by atoms with Crippen LogP contribution in [0, 0.1) is 0 Å². The van der Waals surface area contributed by atoms with Crippen molar-refractivity contribution in [3.63, 3.8) is 0 Å². The third kappa shape index (κ3) is 4.72. The zero-order valence-electron chi connectivity index (χ0n) is 16.9. The maximum Gasteiger partial charge on any atom is 0.290 e. The molecule has 164 valence electrons. The molecule has 3 amide bonds. The Morgan fingerprint density at radius 2 is 1.55 bits per heavy atom. The minimum atomic E-state index is -0.500. The molecule has 9 heteroatoms. The molecule has 0 aliphatic carbocycles. The quantitative estimate of drug-likeness (QED) is 0.697. The predicted octanol–water partition coefficient (Wildman–Crippen LogP) is 3.57. The number of piperidine rings is 1. The highest BCUT2D eigenvalue weighted by Crippen LogP contribution is 2.24. The van der Waals surface area contributed by atoms with Crippen LogP contribution in [0.15, 0.2) is 41.0 Å². The third-order valence-corrected chi connectivity index (χ3v) is 6.21. The molecule has 31 heavy (non-hydrogen) atoms. The molecule has 2 aromatic rings. The van der Waals surface area contributed by atoms with Crippen molar-refractivity contribution in [1.29, 1.82) is 0 Å². The Labute approximate surface area is 190 Å². The van der Waals surface area contributed by atoms with E-state index < -0.39 is 6.04 Å². The normalized spacial score (nSPS) is 19.4. The Bertz CT molecular complexity index is 951. The van der Waals surface area contributed by atoms with Gasteiger partial charge in [0.25, 0.3) is 11.8 Å². The average molecular weight is 464 g/mol. The van der Waals surface area contributed by atoms with Gasteiger partial charge in [-0.1, -0.05) is 23.2 Å². The van der Waals surface area contributed by atoms with E-state index in [9.17, 15) is 14.4 Å². The molecule has 1 unspecified atom stereocenters. The Morgan fingerprint density at radius 3 is 2.19 bits per heavy atom. The number of halogens is 2. The summed E-state index contributed by atoms with van der Waals surface area (Å²) in [7, 11) is 0. The van der Waals surface area contributed by atoms with Gasteiger partial charge in [0.15, 0.2) is 5.76 Å². The number of amides is 3. The van der Waals surface area contributed by atoms with Crippen LogP contribution < -0.4 is 0 Å². The Balaban J connectivity index is 1.40. The summed E-state index contributed by atoms with van der Waals surface area (Å²) in [5.41, 5.74) is 0.430. The number of nitrogens with zero attached hydrogens (tertiary/aromatic N) is 3. The fraction of sp³-hybridized carbons (Fsp3) is 0.409. The highest BCUT2D eigenvalue weighted by molar-refractivity contribution is 6.35. The smallest absolute Gasteiger partial charge is 0.290 e. The van der Waals surface area contributed by atoms with Gasteiger partial charge in [-0.15, -0.1) is 0 Å². The lowest BCUT2D eigenvalue weighted by Crippen LogP contribution is -2.57. The van der Waals surface area contributed by atoms with E-state index in [0.29, 0.717) is 54.8 Å². The molecule has 1 aromatic carbocycles. The maximum absolute atomic E-state index is 13.2. The van der Waals surface area contributed by atoms with E-state index in [1.54, 1.807) is 45.0 Å². The van der Waals surface area contributed by atoms with Crippen LogP contribution >= 0.6 is 23.2 Å². The summed E-state index contributed by atoms with van der Waals surface area (Å²) in [5.74, 6) is -0.244. The van der Waals surface area contributed by atoms with E-state index in [1.807, 2.05) is 0 Å². The average Bonchev–Trinajstić information content (AvgIpc) is 3.32. The highest BCUT2D eigenvalue weighted by Gasteiger charge is 2.37. The molecule has 0 N–H and O–H groups in total. The number of hydrogen-bond acceptors (Lipinski definition) is 4. The van der Waals surface area contributed by atoms with Gasteiger partial charge in [0.2, 0.25) is 5.91 Å². The molecule has 2 aliphatic rings. The van der Waals surface area contributed by atoms with Crippen molar-refractivity contribution >= 4 is 40.9 Å². The largest absolute Gasteiger partial charge is 0.459 e. The van der Waals surface area contributed by atoms with Crippen molar-refractivity contribution in [1.82, 2.24) is 14.7 Å². The molecular weight excluding hydrogens is 441 g/mol. The minimum Gasteiger partial charge on any atom is -0.459 e. The van der Waals surface area contributed by atoms with Crippen LogP contribution in [-0.4, -0.2) is 71.2 Å². The van der Waals surface area contributed by atoms with Gasteiger partial charge in [0.05, 0.1) is 6.26 Å². The molecule has 2 saturated heterocycles. The SMILES string of the molecule is O=C(c1cc(Cl)cc(Cl)c1)N1CCN(C(=O)C2CCCCN2C(=O)c2ccco2)CC1. The van der Waals surface area contributed by atoms with Gasteiger partial charge in [-0.3, -0.25) is 14.4 Å². The summed E-state index contributed by atoms with van der Waals surface area (Å²) in [6, 6.07) is 7.54. The van der Waals surface area contributed by atoms with Crippen molar-refractivity contribution < 1.29 is 18.8 Å². The summed E-state index contributed by atoms with van der Waals surface area (Å²) in [4.78, 5) is 43.9. The molecule has 3 heterocycles. The van der Waals surface area contributed by atoms with Crippen molar-refractivity contribution in [3.05, 3.63) is 58.0 Å². The lowest BCUT2D eigenvalue weighted by atomic mass is 10.00. The Morgan fingerprint density at radius 1 is 0.871 bits per heavy atom. The summed E-state index contributed by atoms with van der Waals surface area (Å²) in [6.07, 6.45) is 3.84. The number of hydrogen-bond donors (Lipinski definition) is 0. The second-order valence-corrected chi connectivity index (χ2v) is 8.64. The number of carbonyl (C=O) groups excluding carboxylic acids is 3. The minimum absolute atomic E-state index is 0.0718. The Kier molecular flexibility index (Phi) is 6.53. The standard InChI is InChI=1S/C22H23Cl2N3O4/c23-16-12-15(13-17(24)14-16)20(28)25-7-9-26(10-8-25)21(29)18-4-1-2-6-27(18)22(30)19-5-3-11-31-19/h3,5,11-14,18H,1-2,4,6-10H2. The van der Waals surface area contributed by atoms with Gasteiger partial charge in [0, 0.05) is 48.3 Å². The molecule has 2 aliphatic heterocycles. The number of carbonyl (C=O) groups is 3. The van der Waals surface area contributed by atoms with E-state index in [4.69, 9.17) is 27.6 Å². The highest BCUT2D eigenvalue weighted by atomic mass is 35.5. The van der Waals surface area contributed by atoms with Gasteiger partial charge in [-0.2, -0.15) is 0 Å². The lowest BCUT2D eigenvalue weighted by Gasteiger charge is -2.40. The molecule has 0 saturated carbocycles. The molecule has 1 atom stereocenters. The molecule has 2 fully saturated rings. The van der Waals surface area contributed by atoms with Crippen molar-refractivity contribution in [3.8, 4) is 0 Å². The van der Waals surface area contributed by atoms with Crippen LogP contribution in [0.3, 0.4) is 0 Å². The summed E-state index contributed by atoms with van der Waals surface area (Å²) in [6.45, 7) is 2.18. The number of rotatable bonds is 3. The van der Waals surface area contributed by atoms with Crippen LogP contribution in [-0.2, 0) is 4.79 Å². The molecule has 4 rings (SSSR count). The van der Waals surface area contributed by atoms with Crippen molar-refractivity contribution in [2.24, 2.45) is 0 Å². The van der Waals surface area contributed by atoms with Crippen LogP contribution in [0.2, 0.25) is 10.0 Å². The summed E-state index contributed by atoms with van der Waals surface area (Å²) >= 11 is 12.0. The van der Waals surface area contributed by atoms with E-state index in [-0.39, 0.29) is 23.5 Å². The first-order valence-electron chi connectivity index (χ1n) is 10.3. The van der Waals surface area contributed by atoms with Gasteiger partial charge in [-0.05, 0) is 49.6 Å². The second-order valence-electron chi connectivity index (χ2n) is 7.76. The number of benzene rings is 1. The summed E-state index contributed by atoms with van der Waals surface area (Å²) in [5, 5.41) is 0.812. The van der Waals surface area contributed by atoms with Crippen LogP contribution in [0.5, 0.6) is 0 Å². The summed E-state index contributed by atoms with van der Waals surface area (Å²) < 4.78 is 5.24. The van der Waals surface area contributed by atoms with Gasteiger partial charge in [0.1, 0.15) is 6.04 Å². The predicted molar refractivity (Wildman–Crippen MR) is 116 cm³/mol. The first-order valence-corrected chi connectivity index (χ1v) is 11.1. The van der Waals surface area contributed by atoms with Crippen molar-refractivity contribution in [2.45, 2.75) is 25.3 Å². The van der Waals surface area contributed by atoms with Crippen molar-refractivity contribution in [2.75, 3.05) is 32.7 Å². The van der Waals surface area contributed by atoms with Crippen LogP contribution in [0.4, 0.5) is 0 Å². The molecule has 7 nitrogen and oxygen atoms in total. The first-order chi connectivity index (χ1) is 14.9. The monoisotopic (exact) mass is 463 g/mol. The van der Waals surface area contributed by atoms with Gasteiger partial charge in [-0.25, -0.2) is 0 Å². The van der Waals surface area contributed by atoms with E-state index in [2.05, 4.69) is 0 Å². The second kappa shape index (κ2) is 9.32. The van der Waals surface area contributed by atoms with Gasteiger partial charge < -0.3 is 19.1 Å².